The summed E-state index contributed by atoms with van der Waals surface area (Å²) in [4.78, 5) is 4.37. The van der Waals surface area contributed by atoms with Crippen molar-refractivity contribution in [2.45, 2.75) is 41.0 Å². The number of nitrogens with zero attached hydrogens (tertiary/aromatic N) is 1. The van der Waals surface area contributed by atoms with Crippen molar-refractivity contribution in [1.82, 2.24) is 4.98 Å². The van der Waals surface area contributed by atoms with Crippen LogP contribution in [0, 0.1) is 5.41 Å². The van der Waals surface area contributed by atoms with Gasteiger partial charge in [0.25, 0.3) is 0 Å². The Kier molecular flexibility index (Phi) is 3.67. The molecule has 1 heteroatoms. The maximum atomic E-state index is 4.37. The van der Waals surface area contributed by atoms with Gasteiger partial charge in [0.15, 0.2) is 0 Å². The van der Waals surface area contributed by atoms with Crippen molar-refractivity contribution in [3.63, 3.8) is 0 Å². The first kappa shape index (κ1) is 12.0. The van der Waals surface area contributed by atoms with E-state index in [1.54, 1.807) is 0 Å². The summed E-state index contributed by atoms with van der Waals surface area (Å²) < 4.78 is 0. The fourth-order valence-electron chi connectivity index (χ4n) is 1.56. The molecule has 1 rings (SSSR count). The Morgan fingerprint density at radius 3 is 2.60 bits per heavy atom. The van der Waals surface area contributed by atoms with Crippen molar-refractivity contribution >= 4 is 5.57 Å². The van der Waals surface area contributed by atoms with Crippen LogP contribution in [0.4, 0.5) is 0 Å². The van der Waals surface area contributed by atoms with E-state index >= 15 is 0 Å². The average molecular weight is 203 g/mol. The second-order valence-electron chi connectivity index (χ2n) is 5.26. The number of aromatic nitrogens is 1. The Bertz CT molecular complexity index is 356. The van der Waals surface area contributed by atoms with Crippen LogP contribution < -0.4 is 0 Å². The van der Waals surface area contributed by atoms with Crippen molar-refractivity contribution < 1.29 is 0 Å². The molecule has 0 saturated heterocycles. The minimum absolute atomic E-state index is 0.336. The van der Waals surface area contributed by atoms with Gasteiger partial charge in [0.2, 0.25) is 0 Å². The first-order valence-electron chi connectivity index (χ1n) is 5.50. The highest BCUT2D eigenvalue weighted by atomic mass is 14.7. The van der Waals surface area contributed by atoms with E-state index in [9.17, 15) is 0 Å². The zero-order valence-corrected chi connectivity index (χ0v) is 10.5. The van der Waals surface area contributed by atoms with Gasteiger partial charge in [0, 0.05) is 6.20 Å². The molecule has 15 heavy (non-hydrogen) atoms. The maximum Gasteiger partial charge on any atom is 0.0658 e. The van der Waals surface area contributed by atoms with Gasteiger partial charge in [-0.1, -0.05) is 26.8 Å². The van der Waals surface area contributed by atoms with E-state index in [0.29, 0.717) is 5.41 Å². The summed E-state index contributed by atoms with van der Waals surface area (Å²) in [6.07, 6.45) is 5.10. The van der Waals surface area contributed by atoms with Crippen LogP contribution in [0.2, 0.25) is 0 Å². The Morgan fingerprint density at radius 1 is 1.40 bits per heavy atom. The molecule has 82 valence electrons. The monoisotopic (exact) mass is 203 g/mol. The number of hydrogen-bond acceptors (Lipinski definition) is 1. The zero-order valence-electron chi connectivity index (χ0n) is 10.5. The summed E-state index contributed by atoms with van der Waals surface area (Å²) in [6, 6.07) is 4.30. The van der Waals surface area contributed by atoms with Crippen LogP contribution in [0.15, 0.2) is 24.4 Å². The first-order valence-corrected chi connectivity index (χ1v) is 5.50. The molecule has 0 atom stereocenters. The third-order valence-corrected chi connectivity index (χ3v) is 2.40. The first-order chi connectivity index (χ1) is 6.92. The van der Waals surface area contributed by atoms with Gasteiger partial charge in [-0.05, 0) is 49.0 Å². The highest BCUT2D eigenvalue weighted by Gasteiger charge is 2.11. The van der Waals surface area contributed by atoms with E-state index in [1.165, 1.54) is 11.1 Å². The number of hydrogen-bond donors (Lipinski definition) is 0. The zero-order chi connectivity index (χ0) is 11.5. The molecule has 0 unspecified atom stereocenters. The van der Waals surface area contributed by atoms with Crippen LogP contribution in [0.3, 0.4) is 0 Å². The molecule has 0 saturated carbocycles. The average Bonchev–Trinajstić information content (AvgIpc) is 2.14. The molecule has 1 aromatic heterocycles. The van der Waals surface area contributed by atoms with Gasteiger partial charge >= 0.3 is 0 Å². The third kappa shape index (κ3) is 3.86. The van der Waals surface area contributed by atoms with Crippen LogP contribution in [-0.2, 0) is 6.42 Å². The SMILES string of the molecule is C/C=C(\C)c1cc(CC(C)(C)C)ccn1. The molecule has 0 radical (unpaired) electrons. The second kappa shape index (κ2) is 4.61. The molecule has 1 heterocycles. The van der Waals surface area contributed by atoms with Crippen LogP contribution in [0.1, 0.15) is 45.9 Å². The van der Waals surface area contributed by atoms with E-state index in [0.717, 1.165) is 12.1 Å². The Labute approximate surface area is 93.2 Å². The van der Waals surface area contributed by atoms with E-state index in [-0.39, 0.29) is 0 Å². The summed E-state index contributed by atoms with van der Waals surface area (Å²) in [5.74, 6) is 0. The quantitative estimate of drug-likeness (QED) is 0.705. The summed E-state index contributed by atoms with van der Waals surface area (Å²) in [6.45, 7) is 10.9. The lowest BCUT2D eigenvalue weighted by Crippen LogP contribution is -2.09. The third-order valence-electron chi connectivity index (χ3n) is 2.40. The van der Waals surface area contributed by atoms with Crippen molar-refractivity contribution in [2.24, 2.45) is 5.41 Å². The van der Waals surface area contributed by atoms with E-state index in [4.69, 9.17) is 0 Å². The molecule has 1 aromatic rings. The van der Waals surface area contributed by atoms with Crippen molar-refractivity contribution in [3.05, 3.63) is 35.7 Å². The summed E-state index contributed by atoms with van der Waals surface area (Å²) >= 11 is 0. The van der Waals surface area contributed by atoms with Crippen LogP contribution in [-0.4, -0.2) is 4.98 Å². The second-order valence-corrected chi connectivity index (χ2v) is 5.26. The summed E-state index contributed by atoms with van der Waals surface area (Å²) in [5, 5.41) is 0. The minimum atomic E-state index is 0.336. The molecule has 0 aliphatic heterocycles. The van der Waals surface area contributed by atoms with Gasteiger partial charge < -0.3 is 0 Å². The Morgan fingerprint density at radius 2 is 2.07 bits per heavy atom. The number of allylic oxidation sites excluding steroid dienone is 2. The standard InChI is InChI=1S/C14H21N/c1-6-11(2)13-9-12(7-8-15-13)10-14(3,4)5/h6-9H,10H2,1-5H3/b11-6+. The van der Waals surface area contributed by atoms with Crippen LogP contribution >= 0.6 is 0 Å². The van der Waals surface area contributed by atoms with Crippen LogP contribution in [0.5, 0.6) is 0 Å². The molecule has 0 amide bonds. The van der Waals surface area contributed by atoms with Gasteiger partial charge in [-0.2, -0.15) is 0 Å². The molecular weight excluding hydrogens is 182 g/mol. The number of pyridine rings is 1. The molecule has 0 fully saturated rings. The minimum Gasteiger partial charge on any atom is -0.257 e. The van der Waals surface area contributed by atoms with Gasteiger partial charge in [-0.25, -0.2) is 0 Å². The fraction of sp³-hybridized carbons (Fsp3) is 0.500. The normalized spacial score (nSPS) is 13.0. The summed E-state index contributed by atoms with van der Waals surface area (Å²) in [5.41, 5.74) is 4.04. The van der Waals surface area contributed by atoms with Gasteiger partial charge in [-0.3, -0.25) is 4.98 Å². The topological polar surface area (TPSA) is 12.9 Å². The predicted molar refractivity (Wildman–Crippen MR) is 66.7 cm³/mol. The van der Waals surface area contributed by atoms with Crippen molar-refractivity contribution in [3.8, 4) is 0 Å². The molecule has 0 aromatic carbocycles. The Balaban J connectivity index is 2.93. The summed E-state index contributed by atoms with van der Waals surface area (Å²) in [7, 11) is 0. The van der Waals surface area contributed by atoms with Crippen molar-refractivity contribution in [2.75, 3.05) is 0 Å². The smallest absolute Gasteiger partial charge is 0.0658 e. The molecule has 0 N–H and O–H groups in total. The molecular formula is C14H21N. The van der Waals surface area contributed by atoms with Gasteiger partial charge in [-0.15, -0.1) is 0 Å². The highest BCUT2D eigenvalue weighted by molar-refractivity contribution is 5.60. The van der Waals surface area contributed by atoms with Gasteiger partial charge in [0.1, 0.15) is 0 Å². The predicted octanol–water partition coefficient (Wildman–Crippen LogP) is 4.09. The van der Waals surface area contributed by atoms with E-state index < -0.39 is 0 Å². The Hall–Kier alpha value is -1.11. The van der Waals surface area contributed by atoms with Crippen LogP contribution in [0.25, 0.3) is 5.57 Å². The molecule has 0 aliphatic carbocycles. The van der Waals surface area contributed by atoms with Gasteiger partial charge in [0.05, 0.1) is 5.69 Å². The lowest BCUT2D eigenvalue weighted by molar-refractivity contribution is 0.411. The lowest BCUT2D eigenvalue weighted by Gasteiger charge is -2.18. The molecule has 0 spiro atoms. The lowest BCUT2D eigenvalue weighted by atomic mass is 9.88. The number of rotatable bonds is 2. The molecule has 0 aliphatic rings. The molecule has 0 bridgehead atoms. The van der Waals surface area contributed by atoms with E-state index in [2.05, 4.69) is 50.9 Å². The van der Waals surface area contributed by atoms with E-state index in [1.807, 2.05) is 13.1 Å². The maximum absolute atomic E-state index is 4.37. The largest absolute Gasteiger partial charge is 0.257 e. The fourth-order valence-corrected chi connectivity index (χ4v) is 1.56. The van der Waals surface area contributed by atoms with Crippen molar-refractivity contribution in [1.29, 1.82) is 0 Å². The molecule has 1 nitrogen and oxygen atoms in total. The highest BCUT2D eigenvalue weighted by Crippen LogP contribution is 2.21.